The molecule has 0 spiro atoms. The molecule has 0 aromatic heterocycles. The number of hydrogen-bond acceptors (Lipinski definition) is 2. The van der Waals surface area contributed by atoms with E-state index >= 15 is 0 Å². The lowest BCUT2D eigenvalue weighted by atomic mass is 9.78. The van der Waals surface area contributed by atoms with Gasteiger partial charge in [-0.1, -0.05) is 43.0 Å². The van der Waals surface area contributed by atoms with Gasteiger partial charge < -0.3 is 0 Å². The first-order chi connectivity index (χ1) is 8.06. The molecule has 0 aliphatic heterocycles. The maximum Gasteiger partial charge on any atom is 0.160 e. The fourth-order valence-electron chi connectivity index (χ4n) is 1.78. The molecular weight excluding hydrogens is 212 g/mol. The lowest BCUT2D eigenvalue weighted by Gasteiger charge is -2.23. The van der Waals surface area contributed by atoms with Crippen molar-refractivity contribution < 1.29 is 9.59 Å². The van der Waals surface area contributed by atoms with E-state index in [9.17, 15) is 9.59 Å². The van der Waals surface area contributed by atoms with Gasteiger partial charge >= 0.3 is 0 Å². The lowest BCUT2D eigenvalue weighted by molar-refractivity contribution is -0.128. The summed E-state index contributed by atoms with van der Waals surface area (Å²) in [6.07, 6.45) is 8.89. The Kier molecular flexibility index (Phi) is 4.83. The van der Waals surface area contributed by atoms with Crippen LogP contribution in [0.3, 0.4) is 0 Å². The molecule has 2 aliphatic rings. The highest BCUT2D eigenvalue weighted by atomic mass is 16.1. The largest absolute Gasteiger partial charge is 0.299 e. The molecule has 1 atom stereocenters. The van der Waals surface area contributed by atoms with Crippen molar-refractivity contribution in [3.63, 3.8) is 0 Å². The summed E-state index contributed by atoms with van der Waals surface area (Å²) in [5, 5.41) is 0. The van der Waals surface area contributed by atoms with Gasteiger partial charge in [-0.3, -0.25) is 9.59 Å². The van der Waals surface area contributed by atoms with Gasteiger partial charge in [0.2, 0.25) is 0 Å². The van der Waals surface area contributed by atoms with E-state index < -0.39 is 0 Å². The Morgan fingerprint density at radius 2 is 2.06 bits per heavy atom. The number of fused-ring (bicyclic) bond motifs is 1. The second-order valence-electron chi connectivity index (χ2n) is 4.28. The Hall–Kier alpha value is -1.70. The van der Waals surface area contributed by atoms with Crippen molar-refractivity contribution >= 4 is 11.6 Å². The lowest BCUT2D eigenvalue weighted by Crippen LogP contribution is -2.28. The first kappa shape index (κ1) is 13.4. The number of hydrogen-bond donors (Lipinski definition) is 0. The molecule has 2 nitrogen and oxygen atoms in total. The van der Waals surface area contributed by atoms with Crippen LogP contribution in [0.5, 0.6) is 0 Å². The van der Waals surface area contributed by atoms with Crippen LogP contribution < -0.4 is 0 Å². The van der Waals surface area contributed by atoms with E-state index in [0.717, 1.165) is 17.6 Å². The Morgan fingerprint density at radius 1 is 1.41 bits per heavy atom. The minimum atomic E-state index is -0.115. The standard InChI is InChI=1S/C10H10O2.C5H8/c11-9-5-6-10(12)8-4-2-1-3-7(8)9;1-4-5(2)3/h1-3,8H,4-6H2;4H,1-2H2,3H3. The quantitative estimate of drug-likeness (QED) is 0.648. The summed E-state index contributed by atoms with van der Waals surface area (Å²) >= 11 is 0. The van der Waals surface area contributed by atoms with Crippen molar-refractivity contribution in [1.29, 1.82) is 0 Å². The zero-order valence-corrected chi connectivity index (χ0v) is 10.2. The highest BCUT2D eigenvalue weighted by Crippen LogP contribution is 2.29. The molecule has 0 heterocycles. The summed E-state index contributed by atoms with van der Waals surface area (Å²) in [5.74, 6) is 0.269. The van der Waals surface area contributed by atoms with Crippen LogP contribution in [-0.4, -0.2) is 11.6 Å². The van der Waals surface area contributed by atoms with Gasteiger partial charge in [-0.2, -0.15) is 0 Å². The Morgan fingerprint density at radius 3 is 2.59 bits per heavy atom. The number of carbonyl (C=O) groups excluding carboxylic acids is 2. The van der Waals surface area contributed by atoms with Gasteiger partial charge in [-0.15, -0.1) is 0 Å². The summed E-state index contributed by atoms with van der Waals surface area (Å²) < 4.78 is 0. The molecule has 0 amide bonds. The molecule has 0 aromatic rings. The van der Waals surface area contributed by atoms with Crippen molar-refractivity contribution in [2.75, 3.05) is 0 Å². The molecule has 1 fully saturated rings. The molecule has 0 radical (unpaired) electrons. The number of rotatable bonds is 1. The fourth-order valence-corrected chi connectivity index (χ4v) is 1.78. The van der Waals surface area contributed by atoms with Gasteiger partial charge in [0.15, 0.2) is 5.78 Å². The third-order valence-electron chi connectivity index (χ3n) is 2.82. The Bertz CT molecular complexity index is 411. The molecule has 0 aromatic carbocycles. The van der Waals surface area contributed by atoms with Crippen LogP contribution in [0.15, 0.2) is 48.6 Å². The van der Waals surface area contributed by atoms with E-state index in [0.29, 0.717) is 12.8 Å². The third-order valence-corrected chi connectivity index (χ3v) is 2.82. The van der Waals surface area contributed by atoms with Gasteiger partial charge in [-0.25, -0.2) is 0 Å². The maximum absolute atomic E-state index is 11.3. The van der Waals surface area contributed by atoms with Crippen LogP contribution in [0, 0.1) is 5.92 Å². The van der Waals surface area contributed by atoms with Crippen LogP contribution in [0.1, 0.15) is 26.2 Å². The minimum absolute atomic E-state index is 0.115. The smallest absolute Gasteiger partial charge is 0.160 e. The topological polar surface area (TPSA) is 34.1 Å². The van der Waals surface area contributed by atoms with E-state index in [1.54, 1.807) is 12.2 Å². The molecule has 17 heavy (non-hydrogen) atoms. The third kappa shape index (κ3) is 3.66. The second kappa shape index (κ2) is 6.14. The van der Waals surface area contributed by atoms with Gasteiger partial charge in [0.25, 0.3) is 0 Å². The van der Waals surface area contributed by atoms with Crippen LogP contribution >= 0.6 is 0 Å². The predicted molar refractivity (Wildman–Crippen MR) is 69.6 cm³/mol. The Labute approximate surface area is 102 Å². The average molecular weight is 230 g/mol. The van der Waals surface area contributed by atoms with Crippen molar-refractivity contribution in [1.82, 2.24) is 0 Å². The monoisotopic (exact) mass is 230 g/mol. The second-order valence-corrected chi connectivity index (χ2v) is 4.28. The molecule has 1 saturated carbocycles. The maximum atomic E-state index is 11.3. The van der Waals surface area contributed by atoms with Gasteiger partial charge in [0.1, 0.15) is 5.78 Å². The fraction of sp³-hybridized carbons (Fsp3) is 0.333. The molecule has 0 N–H and O–H groups in total. The molecule has 2 aliphatic carbocycles. The molecular formula is C15H18O2. The summed E-state index contributed by atoms with van der Waals surface area (Å²) in [6.45, 7) is 8.93. The average Bonchev–Trinajstić information content (AvgIpc) is 2.35. The predicted octanol–water partition coefficient (Wildman–Crippen LogP) is 3.17. The molecule has 1 unspecified atom stereocenters. The van der Waals surface area contributed by atoms with Gasteiger partial charge in [0.05, 0.1) is 0 Å². The van der Waals surface area contributed by atoms with E-state index in [2.05, 4.69) is 13.2 Å². The highest BCUT2D eigenvalue weighted by Gasteiger charge is 2.31. The molecule has 2 heteroatoms. The zero-order valence-electron chi connectivity index (χ0n) is 10.2. The molecule has 2 rings (SSSR count). The first-order valence-corrected chi connectivity index (χ1v) is 5.77. The summed E-state index contributed by atoms with van der Waals surface area (Å²) in [4.78, 5) is 22.7. The van der Waals surface area contributed by atoms with E-state index in [1.807, 2.05) is 19.1 Å². The number of ketones is 2. The Balaban J connectivity index is 0.000000249. The SMILES string of the molecule is C=CC(=C)C.O=C1CCC(=O)C2CC=CC=C12. The van der Waals surface area contributed by atoms with Crippen molar-refractivity contribution in [2.45, 2.75) is 26.2 Å². The molecule has 90 valence electrons. The number of carbonyl (C=O) groups is 2. The van der Waals surface area contributed by atoms with E-state index in [-0.39, 0.29) is 17.5 Å². The normalized spacial score (nSPS) is 21.9. The summed E-state index contributed by atoms with van der Waals surface area (Å²) in [6, 6.07) is 0. The zero-order chi connectivity index (χ0) is 12.8. The summed E-state index contributed by atoms with van der Waals surface area (Å²) in [7, 11) is 0. The van der Waals surface area contributed by atoms with Crippen LogP contribution in [-0.2, 0) is 9.59 Å². The van der Waals surface area contributed by atoms with Crippen LogP contribution in [0.2, 0.25) is 0 Å². The van der Waals surface area contributed by atoms with Gasteiger partial charge in [0, 0.05) is 24.3 Å². The minimum Gasteiger partial charge on any atom is -0.299 e. The number of allylic oxidation sites excluding steroid dienone is 6. The summed E-state index contributed by atoms with van der Waals surface area (Å²) in [5.41, 5.74) is 1.75. The van der Waals surface area contributed by atoms with E-state index in [4.69, 9.17) is 0 Å². The van der Waals surface area contributed by atoms with E-state index in [1.165, 1.54) is 0 Å². The molecule has 0 bridgehead atoms. The van der Waals surface area contributed by atoms with Gasteiger partial charge in [-0.05, 0) is 13.3 Å². The number of Topliss-reactive ketones (excluding diaryl/α,β-unsaturated/α-hetero) is 2. The van der Waals surface area contributed by atoms with Crippen molar-refractivity contribution in [3.05, 3.63) is 48.6 Å². The highest BCUT2D eigenvalue weighted by molar-refractivity contribution is 6.07. The molecule has 0 saturated heterocycles. The first-order valence-electron chi connectivity index (χ1n) is 5.77. The van der Waals surface area contributed by atoms with Crippen molar-refractivity contribution in [3.8, 4) is 0 Å². The van der Waals surface area contributed by atoms with Crippen molar-refractivity contribution in [2.24, 2.45) is 5.92 Å². The van der Waals surface area contributed by atoms with Crippen LogP contribution in [0.25, 0.3) is 0 Å². The van der Waals surface area contributed by atoms with Crippen LogP contribution in [0.4, 0.5) is 0 Å².